The molecule has 6 rings (SSSR count). The Morgan fingerprint density at radius 3 is 2.64 bits per heavy atom. The molecule has 1 amide bonds. The minimum Gasteiger partial charge on any atom is -0.424 e. The van der Waals surface area contributed by atoms with Gasteiger partial charge in [0.25, 0.3) is 11.9 Å². The molecule has 0 bridgehead atoms. The first-order valence-corrected chi connectivity index (χ1v) is 15.3. The largest absolute Gasteiger partial charge is 0.424 e. The number of piperazine rings is 1. The Morgan fingerprint density at radius 1 is 1.02 bits per heavy atom. The number of hydrogen-bond donors (Lipinski definition) is 3. The second-order valence-electron chi connectivity index (χ2n) is 10.9. The van der Waals surface area contributed by atoms with Crippen LogP contribution in [0.15, 0.2) is 41.3 Å². The molecule has 15 heteroatoms. The molecule has 0 aliphatic carbocycles. The van der Waals surface area contributed by atoms with E-state index in [0.29, 0.717) is 58.2 Å². The summed E-state index contributed by atoms with van der Waals surface area (Å²) in [5, 5.41) is 8.45. The van der Waals surface area contributed by atoms with Crippen molar-refractivity contribution >= 4 is 45.8 Å². The molecule has 5 heterocycles. The predicted molar refractivity (Wildman–Crippen MR) is 171 cm³/mol. The van der Waals surface area contributed by atoms with Gasteiger partial charge in [-0.1, -0.05) is 6.92 Å². The molecular weight excluding hydrogens is 576 g/mol. The Balaban J connectivity index is 0.991. The molecule has 15 nitrogen and oxygen atoms in total. The highest BCUT2D eigenvalue weighted by Crippen LogP contribution is 2.32. The minimum absolute atomic E-state index is 0.103. The van der Waals surface area contributed by atoms with Crippen LogP contribution in [0.25, 0.3) is 33.4 Å². The number of nitrogens with zero attached hydrogens (tertiary/aromatic N) is 9. The standard InChI is InChI=1S/C30H38N12O3/c1-2-14-44-15-13-40-9-11-41(12-10-40)30-34-17-21(18-35-30)28(43)33-7-3-4-8-42-27-24(26(31)36-19-37-27)25(39-42)20-5-6-23-22(16-20)38-29(32)45-23/h5-6,16-19H,2-4,7-15H2,1H3,(H2,32,38)(H,33,43)(H2,31,36,37). The molecule has 0 spiro atoms. The van der Waals surface area contributed by atoms with E-state index in [1.54, 1.807) is 18.5 Å². The summed E-state index contributed by atoms with van der Waals surface area (Å²) in [7, 11) is 0. The van der Waals surface area contributed by atoms with E-state index in [9.17, 15) is 4.79 Å². The van der Waals surface area contributed by atoms with E-state index in [1.807, 2.05) is 16.8 Å². The number of fused-ring (bicyclic) bond motifs is 2. The van der Waals surface area contributed by atoms with Crippen molar-refractivity contribution in [2.75, 3.05) is 68.8 Å². The smallest absolute Gasteiger partial charge is 0.292 e. The van der Waals surface area contributed by atoms with Crippen molar-refractivity contribution in [1.82, 2.24) is 44.9 Å². The number of amides is 1. The molecule has 1 fully saturated rings. The molecule has 0 saturated carbocycles. The lowest BCUT2D eigenvalue weighted by Crippen LogP contribution is -2.47. The first-order valence-electron chi connectivity index (χ1n) is 15.3. The summed E-state index contributed by atoms with van der Waals surface area (Å²) in [5.41, 5.74) is 15.7. The number of rotatable bonds is 13. The topological polar surface area (TPSA) is 192 Å². The number of anilines is 3. The summed E-state index contributed by atoms with van der Waals surface area (Å²) in [6.07, 6.45) is 7.15. The van der Waals surface area contributed by atoms with E-state index >= 15 is 0 Å². The van der Waals surface area contributed by atoms with Crippen LogP contribution in [-0.4, -0.2) is 98.0 Å². The molecule has 5 aromatic rings. The number of nitrogens with two attached hydrogens (primary N) is 2. The third-order valence-corrected chi connectivity index (χ3v) is 7.77. The average molecular weight is 615 g/mol. The number of oxazole rings is 1. The second-order valence-corrected chi connectivity index (χ2v) is 10.9. The minimum atomic E-state index is -0.199. The number of carbonyl (C=O) groups excluding carboxylic acids is 1. The molecule has 4 aromatic heterocycles. The van der Waals surface area contributed by atoms with Crippen molar-refractivity contribution in [1.29, 1.82) is 0 Å². The van der Waals surface area contributed by atoms with Crippen molar-refractivity contribution in [3.05, 3.63) is 42.5 Å². The fraction of sp³-hybridized carbons (Fsp3) is 0.433. The van der Waals surface area contributed by atoms with Crippen molar-refractivity contribution in [3.63, 3.8) is 0 Å². The summed E-state index contributed by atoms with van der Waals surface area (Å²) in [6, 6.07) is 5.63. The van der Waals surface area contributed by atoms with Gasteiger partial charge in [0, 0.05) is 70.4 Å². The van der Waals surface area contributed by atoms with Gasteiger partial charge in [0.05, 0.1) is 17.6 Å². The Kier molecular flexibility index (Phi) is 9.26. The van der Waals surface area contributed by atoms with Crippen molar-refractivity contribution in [2.24, 2.45) is 0 Å². The number of nitrogens with one attached hydrogen (secondary N) is 1. The molecular formula is C30H38N12O3. The van der Waals surface area contributed by atoms with Crippen LogP contribution in [0, 0.1) is 0 Å². The number of nitrogen functional groups attached to an aromatic ring is 2. The molecule has 1 aromatic carbocycles. The highest BCUT2D eigenvalue weighted by molar-refractivity contribution is 5.99. The quantitative estimate of drug-likeness (QED) is 0.164. The van der Waals surface area contributed by atoms with Crippen LogP contribution in [0.4, 0.5) is 17.8 Å². The van der Waals surface area contributed by atoms with Crippen LogP contribution in [0.2, 0.25) is 0 Å². The van der Waals surface area contributed by atoms with E-state index in [4.69, 9.17) is 25.7 Å². The highest BCUT2D eigenvalue weighted by atomic mass is 16.5. The first-order chi connectivity index (χ1) is 22.0. The van der Waals surface area contributed by atoms with E-state index in [-0.39, 0.29) is 11.9 Å². The Bertz CT molecular complexity index is 1740. The van der Waals surface area contributed by atoms with Gasteiger partial charge in [0.15, 0.2) is 11.2 Å². The fourth-order valence-corrected chi connectivity index (χ4v) is 5.38. The molecule has 0 radical (unpaired) electrons. The lowest BCUT2D eigenvalue weighted by Gasteiger charge is -2.34. The predicted octanol–water partition coefficient (Wildman–Crippen LogP) is 2.35. The number of aromatic nitrogens is 7. The van der Waals surface area contributed by atoms with Crippen LogP contribution in [-0.2, 0) is 11.3 Å². The molecule has 236 valence electrons. The molecule has 45 heavy (non-hydrogen) atoms. The fourth-order valence-electron chi connectivity index (χ4n) is 5.38. The zero-order chi connectivity index (χ0) is 31.2. The van der Waals surface area contributed by atoms with Crippen LogP contribution in [0.5, 0.6) is 0 Å². The lowest BCUT2D eigenvalue weighted by molar-refractivity contribution is 0.0952. The third kappa shape index (κ3) is 6.94. The highest BCUT2D eigenvalue weighted by Gasteiger charge is 2.20. The monoisotopic (exact) mass is 614 g/mol. The number of ether oxygens (including phenoxy) is 1. The maximum absolute atomic E-state index is 12.7. The molecule has 1 aliphatic rings. The first kappa shape index (κ1) is 30.1. The Hall–Kier alpha value is -4.89. The Labute approximate surface area is 260 Å². The summed E-state index contributed by atoms with van der Waals surface area (Å²) < 4.78 is 12.8. The third-order valence-electron chi connectivity index (χ3n) is 7.77. The number of carbonyl (C=O) groups is 1. The lowest BCUT2D eigenvalue weighted by atomic mass is 10.1. The molecule has 0 unspecified atom stereocenters. The van der Waals surface area contributed by atoms with Gasteiger partial charge in [-0.2, -0.15) is 10.1 Å². The van der Waals surface area contributed by atoms with Crippen LogP contribution in [0.3, 0.4) is 0 Å². The van der Waals surface area contributed by atoms with Crippen LogP contribution >= 0.6 is 0 Å². The van der Waals surface area contributed by atoms with Crippen LogP contribution < -0.4 is 21.7 Å². The second kappa shape index (κ2) is 13.8. The molecule has 0 atom stereocenters. The van der Waals surface area contributed by atoms with Gasteiger partial charge in [-0.25, -0.2) is 24.6 Å². The summed E-state index contributed by atoms with van der Waals surface area (Å²) in [6.45, 7) is 9.27. The van der Waals surface area contributed by atoms with Gasteiger partial charge >= 0.3 is 0 Å². The van der Waals surface area contributed by atoms with Gasteiger partial charge < -0.3 is 30.8 Å². The number of unbranched alkanes of at least 4 members (excludes halogenated alkanes) is 1. The van der Waals surface area contributed by atoms with Gasteiger partial charge in [0.1, 0.15) is 23.4 Å². The summed E-state index contributed by atoms with van der Waals surface area (Å²) in [4.78, 5) is 39.0. The molecule has 1 saturated heterocycles. The number of hydrogen-bond acceptors (Lipinski definition) is 13. The Morgan fingerprint density at radius 2 is 1.84 bits per heavy atom. The SMILES string of the molecule is CCCOCCN1CCN(c2ncc(C(=O)NCCCCn3nc(-c4ccc5oc(N)nc5c4)c4c(N)ncnc43)cn2)CC1. The zero-order valence-electron chi connectivity index (χ0n) is 25.4. The van der Waals surface area contributed by atoms with Crippen LogP contribution in [0.1, 0.15) is 36.5 Å². The normalized spacial score (nSPS) is 14.0. The summed E-state index contributed by atoms with van der Waals surface area (Å²) >= 11 is 0. The zero-order valence-corrected chi connectivity index (χ0v) is 25.4. The number of benzene rings is 1. The van der Waals surface area contributed by atoms with Gasteiger partial charge in [-0.05, 0) is 37.5 Å². The molecule has 1 aliphatic heterocycles. The van der Waals surface area contributed by atoms with Gasteiger partial charge in [0.2, 0.25) is 5.95 Å². The number of aryl methyl sites for hydroxylation is 1. The van der Waals surface area contributed by atoms with E-state index < -0.39 is 0 Å². The van der Waals surface area contributed by atoms with Gasteiger partial charge in [-0.15, -0.1) is 0 Å². The van der Waals surface area contributed by atoms with Crippen molar-refractivity contribution in [2.45, 2.75) is 32.7 Å². The maximum atomic E-state index is 12.7. The van der Waals surface area contributed by atoms with Gasteiger partial charge in [-0.3, -0.25) is 9.69 Å². The van der Waals surface area contributed by atoms with Crippen molar-refractivity contribution in [3.8, 4) is 11.3 Å². The van der Waals surface area contributed by atoms with E-state index in [0.717, 1.165) is 70.8 Å². The molecule has 5 N–H and O–H groups in total. The van der Waals surface area contributed by atoms with E-state index in [2.05, 4.69) is 47.0 Å². The average Bonchev–Trinajstić information content (AvgIpc) is 3.63. The van der Waals surface area contributed by atoms with Crippen molar-refractivity contribution < 1.29 is 13.9 Å². The van der Waals surface area contributed by atoms with E-state index in [1.165, 1.54) is 6.33 Å². The summed E-state index contributed by atoms with van der Waals surface area (Å²) in [5.74, 6) is 0.792. The maximum Gasteiger partial charge on any atom is 0.292 e.